The van der Waals surface area contributed by atoms with E-state index < -0.39 is 5.97 Å². The lowest BCUT2D eigenvalue weighted by atomic mass is 10.1. The number of rotatable bonds is 7. The van der Waals surface area contributed by atoms with Gasteiger partial charge in [0.2, 0.25) is 0 Å². The molecule has 0 atom stereocenters. The first kappa shape index (κ1) is 17.6. The summed E-state index contributed by atoms with van der Waals surface area (Å²) in [4.78, 5) is 11.7. The first-order valence-electron chi connectivity index (χ1n) is 7.88. The Bertz CT molecular complexity index is 690. The molecule has 0 spiro atoms. The van der Waals surface area contributed by atoms with E-state index in [1.807, 2.05) is 42.7 Å². The third-order valence-electron chi connectivity index (χ3n) is 4.08. The van der Waals surface area contributed by atoms with E-state index in [0.717, 1.165) is 42.0 Å². The second kappa shape index (κ2) is 7.66. The maximum absolute atomic E-state index is 11.7. The topological polar surface area (TPSA) is 54.3 Å². The Kier molecular flexibility index (Phi) is 5.85. The number of nitrogens with zero attached hydrogens (tertiary/aromatic N) is 1. The summed E-state index contributed by atoms with van der Waals surface area (Å²) in [6, 6.07) is 7.44. The Morgan fingerprint density at radius 3 is 2.43 bits per heavy atom. The minimum atomic E-state index is -0.884. The van der Waals surface area contributed by atoms with Crippen LogP contribution in [0.25, 0.3) is 5.69 Å². The number of aromatic carboxylic acids is 1. The lowest BCUT2D eigenvalue weighted by Gasteiger charge is -2.10. The molecule has 2 aromatic rings. The Morgan fingerprint density at radius 2 is 1.87 bits per heavy atom. The molecule has 4 nitrogen and oxygen atoms in total. The summed E-state index contributed by atoms with van der Waals surface area (Å²) in [7, 11) is 0. The maximum atomic E-state index is 11.7. The highest BCUT2D eigenvalue weighted by molar-refractivity contribution is 6.30. The highest BCUT2D eigenvalue weighted by Gasteiger charge is 2.22. The van der Waals surface area contributed by atoms with Gasteiger partial charge in [-0.15, -0.1) is 0 Å². The van der Waals surface area contributed by atoms with Crippen LogP contribution in [0.4, 0.5) is 0 Å². The quantitative estimate of drug-likeness (QED) is 0.741. The van der Waals surface area contributed by atoms with E-state index >= 15 is 0 Å². The third kappa shape index (κ3) is 3.77. The van der Waals surface area contributed by atoms with Crippen LogP contribution in [0.2, 0.25) is 5.02 Å². The fourth-order valence-corrected chi connectivity index (χ4v) is 3.02. The fourth-order valence-electron chi connectivity index (χ4n) is 2.89. The van der Waals surface area contributed by atoms with Gasteiger partial charge in [-0.3, -0.25) is 0 Å². The molecule has 0 saturated carbocycles. The van der Waals surface area contributed by atoms with Gasteiger partial charge in [0, 0.05) is 34.2 Å². The van der Waals surface area contributed by atoms with E-state index in [1.165, 1.54) is 0 Å². The largest absolute Gasteiger partial charge is 0.478 e. The van der Waals surface area contributed by atoms with Crippen molar-refractivity contribution in [1.29, 1.82) is 0 Å². The lowest BCUT2D eigenvalue weighted by molar-refractivity contribution is 0.0695. The number of unbranched alkanes of at least 4 members (excludes halogenated alkanes) is 1. The zero-order valence-corrected chi connectivity index (χ0v) is 14.6. The van der Waals surface area contributed by atoms with E-state index in [-0.39, 0.29) is 0 Å². The number of hydrogen-bond acceptors (Lipinski definition) is 2. The minimum absolute atomic E-state index is 0.390. The van der Waals surface area contributed by atoms with E-state index in [4.69, 9.17) is 11.6 Å². The van der Waals surface area contributed by atoms with Crippen molar-refractivity contribution in [2.45, 2.75) is 40.2 Å². The number of aromatic nitrogens is 1. The molecule has 0 aliphatic rings. The summed E-state index contributed by atoms with van der Waals surface area (Å²) in [5, 5.41) is 13.6. The molecule has 5 heteroatoms. The van der Waals surface area contributed by atoms with Gasteiger partial charge in [0.25, 0.3) is 0 Å². The van der Waals surface area contributed by atoms with Gasteiger partial charge < -0.3 is 15.0 Å². The molecular weight excluding hydrogens is 312 g/mol. The normalized spacial score (nSPS) is 11.0. The maximum Gasteiger partial charge on any atom is 0.337 e. The van der Waals surface area contributed by atoms with Crippen molar-refractivity contribution in [3.63, 3.8) is 0 Å². The minimum Gasteiger partial charge on any atom is -0.478 e. The Labute approximate surface area is 142 Å². The van der Waals surface area contributed by atoms with E-state index in [0.29, 0.717) is 17.1 Å². The first-order valence-corrected chi connectivity index (χ1v) is 8.25. The highest BCUT2D eigenvalue weighted by Crippen LogP contribution is 2.27. The van der Waals surface area contributed by atoms with E-state index in [1.54, 1.807) is 0 Å². The van der Waals surface area contributed by atoms with Gasteiger partial charge in [0.05, 0.1) is 5.56 Å². The van der Waals surface area contributed by atoms with Gasteiger partial charge in [0.1, 0.15) is 0 Å². The van der Waals surface area contributed by atoms with Crippen molar-refractivity contribution in [2.24, 2.45) is 0 Å². The molecule has 1 aromatic heterocycles. The van der Waals surface area contributed by atoms with Crippen molar-refractivity contribution in [1.82, 2.24) is 9.88 Å². The van der Waals surface area contributed by atoms with Gasteiger partial charge in [-0.25, -0.2) is 4.79 Å². The molecule has 0 saturated heterocycles. The van der Waals surface area contributed by atoms with Crippen LogP contribution in [-0.2, 0) is 6.54 Å². The molecule has 0 radical (unpaired) electrons. The molecular formula is C18H23ClN2O2. The summed E-state index contributed by atoms with van der Waals surface area (Å²) in [6.07, 6.45) is 2.20. The number of carboxylic acid groups (broad SMARTS) is 1. The van der Waals surface area contributed by atoms with Crippen molar-refractivity contribution in [2.75, 3.05) is 6.54 Å². The fraction of sp³-hybridized carbons (Fsp3) is 0.389. The lowest BCUT2D eigenvalue weighted by Crippen LogP contribution is -2.17. The standard InChI is InChI=1S/C18H23ClN2O2/c1-4-5-10-20-11-16-12(2)21(13(3)17(16)18(22)23)15-8-6-14(19)7-9-15/h6-9,20H,4-5,10-11H2,1-3H3,(H,22,23). The van der Waals surface area contributed by atoms with Crippen LogP contribution in [-0.4, -0.2) is 22.2 Å². The van der Waals surface area contributed by atoms with Crippen LogP contribution in [0.1, 0.15) is 47.1 Å². The van der Waals surface area contributed by atoms with Gasteiger partial charge >= 0.3 is 5.97 Å². The van der Waals surface area contributed by atoms with Gasteiger partial charge in [-0.05, 0) is 51.1 Å². The third-order valence-corrected chi connectivity index (χ3v) is 4.33. The van der Waals surface area contributed by atoms with Crippen LogP contribution in [0.3, 0.4) is 0 Å². The Hall–Kier alpha value is -1.78. The monoisotopic (exact) mass is 334 g/mol. The van der Waals surface area contributed by atoms with E-state index in [2.05, 4.69) is 12.2 Å². The van der Waals surface area contributed by atoms with Crippen LogP contribution in [0, 0.1) is 13.8 Å². The second-order valence-corrected chi connectivity index (χ2v) is 6.11. The molecule has 0 bridgehead atoms. The molecule has 23 heavy (non-hydrogen) atoms. The van der Waals surface area contributed by atoms with Crippen molar-refractivity contribution >= 4 is 17.6 Å². The summed E-state index contributed by atoms with van der Waals surface area (Å²) in [5.74, 6) is -0.884. The van der Waals surface area contributed by atoms with Crippen LogP contribution in [0.15, 0.2) is 24.3 Å². The number of carbonyl (C=O) groups is 1. The molecule has 2 N–H and O–H groups in total. The molecule has 1 aromatic carbocycles. The molecule has 0 aliphatic heterocycles. The van der Waals surface area contributed by atoms with Gasteiger partial charge in [-0.1, -0.05) is 24.9 Å². The van der Waals surface area contributed by atoms with Crippen molar-refractivity contribution in [3.05, 3.63) is 51.8 Å². The Balaban J connectivity index is 2.43. The molecule has 0 unspecified atom stereocenters. The van der Waals surface area contributed by atoms with Gasteiger partial charge in [0.15, 0.2) is 0 Å². The summed E-state index contributed by atoms with van der Waals surface area (Å²) >= 11 is 5.95. The van der Waals surface area contributed by atoms with Crippen molar-refractivity contribution < 1.29 is 9.90 Å². The zero-order valence-electron chi connectivity index (χ0n) is 13.8. The number of halogens is 1. The molecule has 0 amide bonds. The van der Waals surface area contributed by atoms with Crippen LogP contribution < -0.4 is 5.32 Å². The average molecular weight is 335 g/mol. The molecule has 0 aliphatic carbocycles. The number of carboxylic acids is 1. The zero-order chi connectivity index (χ0) is 17.0. The van der Waals surface area contributed by atoms with Crippen LogP contribution >= 0.6 is 11.6 Å². The number of benzene rings is 1. The highest BCUT2D eigenvalue weighted by atomic mass is 35.5. The van der Waals surface area contributed by atoms with E-state index in [9.17, 15) is 9.90 Å². The van der Waals surface area contributed by atoms with Gasteiger partial charge in [-0.2, -0.15) is 0 Å². The summed E-state index contributed by atoms with van der Waals surface area (Å²) in [5.41, 5.74) is 3.85. The molecule has 0 fully saturated rings. The molecule has 2 rings (SSSR count). The Morgan fingerprint density at radius 1 is 1.22 bits per heavy atom. The predicted molar refractivity (Wildman–Crippen MR) is 93.8 cm³/mol. The average Bonchev–Trinajstić information content (AvgIpc) is 2.76. The van der Waals surface area contributed by atoms with Crippen molar-refractivity contribution in [3.8, 4) is 5.69 Å². The molecule has 1 heterocycles. The predicted octanol–water partition coefficient (Wildman–Crippen LogP) is 4.34. The number of nitrogens with one attached hydrogen (secondary N) is 1. The first-order chi connectivity index (χ1) is 11.0. The smallest absolute Gasteiger partial charge is 0.337 e. The number of hydrogen-bond donors (Lipinski definition) is 2. The van der Waals surface area contributed by atoms with Crippen LogP contribution in [0.5, 0.6) is 0 Å². The SMILES string of the molecule is CCCCNCc1c(C(=O)O)c(C)n(-c2ccc(Cl)cc2)c1C. The molecule has 124 valence electrons. The second-order valence-electron chi connectivity index (χ2n) is 5.67. The summed E-state index contributed by atoms with van der Waals surface area (Å²) < 4.78 is 1.98. The summed E-state index contributed by atoms with van der Waals surface area (Å²) in [6.45, 7) is 7.40.